The van der Waals surface area contributed by atoms with E-state index in [0.717, 1.165) is 17.8 Å². The maximum atomic E-state index is 3.43. The summed E-state index contributed by atoms with van der Waals surface area (Å²) >= 11 is 0. The van der Waals surface area contributed by atoms with E-state index in [1.165, 1.54) is 39.1 Å². The van der Waals surface area contributed by atoms with Gasteiger partial charge < -0.3 is 10.2 Å². The predicted octanol–water partition coefficient (Wildman–Crippen LogP) is 1.72. The van der Waals surface area contributed by atoms with Crippen LogP contribution in [0.2, 0.25) is 0 Å². The van der Waals surface area contributed by atoms with Gasteiger partial charge in [-0.3, -0.25) is 0 Å². The van der Waals surface area contributed by atoms with Crippen LogP contribution in [0.3, 0.4) is 0 Å². The fourth-order valence-corrected chi connectivity index (χ4v) is 4.01. The molecule has 15 heavy (non-hydrogen) atoms. The fourth-order valence-electron chi connectivity index (χ4n) is 4.01. The maximum absolute atomic E-state index is 3.43. The van der Waals surface area contributed by atoms with Crippen molar-refractivity contribution >= 4 is 0 Å². The van der Waals surface area contributed by atoms with Crippen LogP contribution in [0.4, 0.5) is 0 Å². The van der Waals surface area contributed by atoms with Gasteiger partial charge in [0.15, 0.2) is 0 Å². The molecule has 2 aliphatic carbocycles. The van der Waals surface area contributed by atoms with E-state index < -0.39 is 0 Å². The molecule has 1 heterocycles. The molecule has 0 aromatic heterocycles. The summed E-state index contributed by atoms with van der Waals surface area (Å²) in [5.74, 6) is 3.35. The minimum Gasteiger partial charge on any atom is -0.314 e. The lowest BCUT2D eigenvalue weighted by molar-refractivity contribution is 0.204. The number of nitrogens with one attached hydrogen (secondary N) is 1. The fraction of sp³-hybridized carbons (Fsp3) is 1.00. The highest BCUT2D eigenvalue weighted by Crippen LogP contribution is 2.49. The normalized spacial score (nSPS) is 41.2. The van der Waals surface area contributed by atoms with Crippen LogP contribution in [0.15, 0.2) is 0 Å². The predicted molar refractivity (Wildman–Crippen MR) is 62.9 cm³/mol. The van der Waals surface area contributed by atoms with E-state index >= 15 is 0 Å². The van der Waals surface area contributed by atoms with E-state index in [1.54, 1.807) is 25.7 Å². The minimum absolute atomic E-state index is 1.10. The Kier molecular flexibility index (Phi) is 2.98. The van der Waals surface area contributed by atoms with Crippen LogP contribution in [0.5, 0.6) is 0 Å². The van der Waals surface area contributed by atoms with Crippen LogP contribution in [0.1, 0.15) is 32.1 Å². The molecule has 0 aromatic carbocycles. The van der Waals surface area contributed by atoms with Crippen LogP contribution in [-0.4, -0.2) is 37.6 Å². The van der Waals surface area contributed by atoms with Gasteiger partial charge in [-0.2, -0.15) is 0 Å². The highest BCUT2D eigenvalue weighted by molar-refractivity contribution is 4.90. The average molecular weight is 208 g/mol. The third kappa shape index (κ3) is 2.21. The smallest absolute Gasteiger partial charge is 0.0107 e. The van der Waals surface area contributed by atoms with E-state index in [-0.39, 0.29) is 0 Å². The van der Waals surface area contributed by atoms with Gasteiger partial charge in [-0.15, -0.1) is 0 Å². The Labute approximate surface area is 93.4 Å². The monoisotopic (exact) mass is 208 g/mol. The second kappa shape index (κ2) is 4.42. The Morgan fingerprint density at radius 2 is 1.93 bits per heavy atom. The number of fused-ring (bicyclic) bond motifs is 2. The highest BCUT2D eigenvalue weighted by atomic mass is 15.2. The first-order chi connectivity index (χ1) is 7.42. The number of nitrogens with zero attached hydrogens (tertiary/aromatic N) is 1. The van der Waals surface area contributed by atoms with Crippen molar-refractivity contribution in [1.29, 1.82) is 0 Å². The zero-order valence-corrected chi connectivity index (χ0v) is 9.75. The van der Waals surface area contributed by atoms with Gasteiger partial charge in [-0.05, 0) is 50.0 Å². The van der Waals surface area contributed by atoms with Crippen molar-refractivity contribution in [2.45, 2.75) is 32.1 Å². The van der Waals surface area contributed by atoms with Gasteiger partial charge in [0.2, 0.25) is 0 Å². The van der Waals surface area contributed by atoms with Gasteiger partial charge in [-0.25, -0.2) is 0 Å². The maximum Gasteiger partial charge on any atom is 0.0107 e. The quantitative estimate of drug-likeness (QED) is 0.759. The molecule has 3 unspecified atom stereocenters. The van der Waals surface area contributed by atoms with Gasteiger partial charge in [0.25, 0.3) is 0 Å². The van der Waals surface area contributed by atoms with Gasteiger partial charge in [0.1, 0.15) is 0 Å². The molecule has 2 heteroatoms. The molecule has 3 aliphatic rings. The lowest BCUT2D eigenvalue weighted by Gasteiger charge is -2.30. The summed E-state index contributed by atoms with van der Waals surface area (Å²) in [6, 6.07) is 0. The van der Waals surface area contributed by atoms with Crippen LogP contribution < -0.4 is 5.32 Å². The minimum atomic E-state index is 1.10. The largest absolute Gasteiger partial charge is 0.314 e. The van der Waals surface area contributed by atoms with E-state index in [2.05, 4.69) is 10.2 Å². The van der Waals surface area contributed by atoms with E-state index in [4.69, 9.17) is 0 Å². The molecule has 0 spiro atoms. The number of hydrogen-bond acceptors (Lipinski definition) is 2. The average Bonchev–Trinajstić information content (AvgIpc) is 2.89. The first kappa shape index (κ1) is 10.1. The van der Waals surface area contributed by atoms with Crippen LogP contribution in [0, 0.1) is 17.8 Å². The second-order valence-corrected chi connectivity index (χ2v) is 5.82. The molecule has 0 amide bonds. The topological polar surface area (TPSA) is 15.3 Å². The number of rotatable bonds is 3. The van der Waals surface area contributed by atoms with Crippen LogP contribution >= 0.6 is 0 Å². The molecular weight excluding hydrogens is 184 g/mol. The molecule has 1 saturated heterocycles. The summed E-state index contributed by atoms with van der Waals surface area (Å²) in [4.78, 5) is 2.66. The molecule has 3 fully saturated rings. The third-order valence-corrected chi connectivity index (χ3v) is 4.91. The summed E-state index contributed by atoms with van der Waals surface area (Å²) < 4.78 is 0. The standard InChI is InChI=1S/C13H24N2/c1-2-12-9-11(1)10-13(12)3-6-15-7-4-14-5-8-15/h11-14H,1-10H2. The molecule has 2 bridgehead atoms. The molecule has 3 rings (SSSR count). The zero-order valence-electron chi connectivity index (χ0n) is 9.75. The Bertz CT molecular complexity index is 211. The van der Waals surface area contributed by atoms with Crippen molar-refractivity contribution in [3.8, 4) is 0 Å². The number of piperazine rings is 1. The first-order valence-electron chi connectivity index (χ1n) is 6.85. The molecule has 2 saturated carbocycles. The molecule has 2 nitrogen and oxygen atoms in total. The molecule has 0 radical (unpaired) electrons. The Morgan fingerprint density at radius 3 is 2.60 bits per heavy atom. The molecule has 3 atom stereocenters. The summed E-state index contributed by atoms with van der Waals surface area (Å²) in [5.41, 5.74) is 0. The van der Waals surface area contributed by atoms with Gasteiger partial charge in [0.05, 0.1) is 0 Å². The lowest BCUT2D eigenvalue weighted by atomic mass is 9.86. The van der Waals surface area contributed by atoms with Crippen LogP contribution in [0.25, 0.3) is 0 Å². The van der Waals surface area contributed by atoms with Crippen molar-refractivity contribution in [2.75, 3.05) is 32.7 Å². The van der Waals surface area contributed by atoms with Crippen molar-refractivity contribution in [3.05, 3.63) is 0 Å². The number of hydrogen-bond donors (Lipinski definition) is 1. The van der Waals surface area contributed by atoms with E-state index in [0.29, 0.717) is 0 Å². The van der Waals surface area contributed by atoms with Crippen molar-refractivity contribution in [1.82, 2.24) is 10.2 Å². The van der Waals surface area contributed by atoms with Crippen molar-refractivity contribution in [2.24, 2.45) is 17.8 Å². The Hall–Kier alpha value is -0.0800. The van der Waals surface area contributed by atoms with Crippen LogP contribution in [-0.2, 0) is 0 Å². The van der Waals surface area contributed by atoms with Gasteiger partial charge in [-0.1, -0.05) is 6.42 Å². The molecule has 1 N–H and O–H groups in total. The summed E-state index contributed by atoms with van der Waals surface area (Å²) in [5, 5.41) is 3.43. The second-order valence-electron chi connectivity index (χ2n) is 5.82. The lowest BCUT2D eigenvalue weighted by Crippen LogP contribution is -2.44. The summed E-state index contributed by atoms with van der Waals surface area (Å²) in [6.07, 6.45) is 7.73. The zero-order chi connectivity index (χ0) is 10.1. The van der Waals surface area contributed by atoms with Gasteiger partial charge in [0, 0.05) is 26.2 Å². The summed E-state index contributed by atoms with van der Waals surface area (Å²) in [7, 11) is 0. The third-order valence-electron chi connectivity index (χ3n) is 4.91. The van der Waals surface area contributed by atoms with Crippen molar-refractivity contribution < 1.29 is 0 Å². The molecular formula is C13H24N2. The van der Waals surface area contributed by atoms with E-state index in [1.807, 2.05) is 0 Å². The van der Waals surface area contributed by atoms with Gasteiger partial charge >= 0.3 is 0 Å². The molecule has 1 aliphatic heterocycles. The Balaban J connectivity index is 1.42. The SMILES string of the molecule is C1CN(CCC2CC3CCC2C3)CCN1. The molecule has 0 aromatic rings. The Morgan fingerprint density at radius 1 is 1.07 bits per heavy atom. The van der Waals surface area contributed by atoms with Crippen molar-refractivity contribution in [3.63, 3.8) is 0 Å². The highest BCUT2D eigenvalue weighted by Gasteiger charge is 2.38. The summed E-state index contributed by atoms with van der Waals surface area (Å²) in [6.45, 7) is 6.34. The van der Waals surface area contributed by atoms with E-state index in [9.17, 15) is 0 Å². The first-order valence-corrected chi connectivity index (χ1v) is 6.85. The molecule has 86 valence electrons.